The van der Waals surface area contributed by atoms with E-state index >= 15 is 0 Å². The van der Waals surface area contributed by atoms with Crippen LogP contribution in [0.3, 0.4) is 0 Å². The van der Waals surface area contributed by atoms with Crippen LogP contribution in [0.25, 0.3) is 10.8 Å². The van der Waals surface area contributed by atoms with Crippen molar-refractivity contribution in [1.82, 2.24) is 5.32 Å². The Morgan fingerprint density at radius 1 is 1.07 bits per heavy atom. The number of benzene rings is 3. The molecule has 0 saturated carbocycles. The molecule has 3 aromatic carbocycles. The van der Waals surface area contributed by atoms with E-state index in [1.165, 1.54) is 0 Å². The summed E-state index contributed by atoms with van der Waals surface area (Å²) in [5.41, 5.74) is 0.417. The van der Waals surface area contributed by atoms with Crippen LogP contribution in [-0.4, -0.2) is 24.4 Å². The number of amides is 1. The summed E-state index contributed by atoms with van der Waals surface area (Å²) in [6.45, 7) is 1.96. The molecule has 1 aliphatic heterocycles. The fraction of sp³-hybridized carbons (Fsp3) is 0.227. The van der Waals surface area contributed by atoms with Crippen molar-refractivity contribution in [2.45, 2.75) is 18.9 Å². The maximum absolute atomic E-state index is 12.5. The quantitative estimate of drug-likeness (QED) is 0.731. The van der Waals surface area contributed by atoms with E-state index < -0.39 is 5.60 Å². The monoisotopic (exact) mass is 363 g/mol. The Morgan fingerprint density at radius 3 is 2.74 bits per heavy atom. The van der Waals surface area contributed by atoms with E-state index in [4.69, 9.17) is 9.47 Å². The van der Waals surface area contributed by atoms with Crippen molar-refractivity contribution in [2.75, 3.05) is 13.3 Å². The van der Waals surface area contributed by atoms with Crippen molar-refractivity contribution in [3.05, 3.63) is 71.8 Å². The SMILES string of the molecule is C[C@@](O)(CNC(=O)Cc1cccc2ccccc12)c1ccc2c(c1)OCO2. The molecule has 1 aliphatic rings. The number of aliphatic hydroxyl groups is 1. The van der Waals surface area contributed by atoms with Crippen molar-refractivity contribution in [3.63, 3.8) is 0 Å². The minimum atomic E-state index is -1.21. The summed E-state index contributed by atoms with van der Waals surface area (Å²) in [6, 6.07) is 19.2. The van der Waals surface area contributed by atoms with Crippen LogP contribution in [0.5, 0.6) is 11.5 Å². The molecule has 4 rings (SSSR count). The third-order valence-electron chi connectivity index (χ3n) is 4.86. The molecule has 5 heteroatoms. The van der Waals surface area contributed by atoms with Crippen LogP contribution in [0.4, 0.5) is 0 Å². The molecule has 1 atom stereocenters. The third-order valence-corrected chi connectivity index (χ3v) is 4.86. The van der Waals surface area contributed by atoms with Crippen LogP contribution < -0.4 is 14.8 Å². The van der Waals surface area contributed by atoms with Crippen molar-refractivity contribution < 1.29 is 19.4 Å². The average Bonchev–Trinajstić information content (AvgIpc) is 3.15. The molecule has 1 amide bonds. The van der Waals surface area contributed by atoms with Gasteiger partial charge in [0.05, 0.1) is 13.0 Å². The minimum absolute atomic E-state index is 0.107. The summed E-state index contributed by atoms with van der Waals surface area (Å²) < 4.78 is 10.7. The van der Waals surface area contributed by atoms with Crippen molar-refractivity contribution in [3.8, 4) is 11.5 Å². The van der Waals surface area contributed by atoms with Crippen molar-refractivity contribution in [2.24, 2.45) is 0 Å². The molecule has 0 unspecified atom stereocenters. The van der Waals surface area contributed by atoms with E-state index in [-0.39, 0.29) is 25.7 Å². The normalized spacial score (nSPS) is 14.7. The zero-order valence-corrected chi connectivity index (χ0v) is 15.1. The molecule has 0 aliphatic carbocycles. The summed E-state index contributed by atoms with van der Waals surface area (Å²) in [5, 5.41) is 15.8. The Balaban J connectivity index is 1.44. The number of carbonyl (C=O) groups excluding carboxylic acids is 1. The van der Waals surface area contributed by atoms with Gasteiger partial charge in [-0.3, -0.25) is 4.79 Å². The van der Waals surface area contributed by atoms with Gasteiger partial charge >= 0.3 is 0 Å². The second-order valence-corrected chi connectivity index (χ2v) is 6.93. The van der Waals surface area contributed by atoms with Crippen LogP contribution in [0.2, 0.25) is 0 Å². The highest BCUT2D eigenvalue weighted by atomic mass is 16.7. The number of ether oxygens (including phenoxy) is 2. The van der Waals surface area contributed by atoms with Gasteiger partial charge in [-0.25, -0.2) is 0 Å². The molecule has 138 valence electrons. The van der Waals surface area contributed by atoms with Gasteiger partial charge in [-0.05, 0) is 41.0 Å². The molecule has 0 fully saturated rings. The number of rotatable bonds is 5. The smallest absolute Gasteiger partial charge is 0.231 e. The van der Waals surface area contributed by atoms with E-state index in [1.807, 2.05) is 42.5 Å². The lowest BCUT2D eigenvalue weighted by Gasteiger charge is -2.24. The highest BCUT2D eigenvalue weighted by Crippen LogP contribution is 2.35. The van der Waals surface area contributed by atoms with Gasteiger partial charge in [0.15, 0.2) is 11.5 Å². The van der Waals surface area contributed by atoms with Crippen LogP contribution in [0.15, 0.2) is 60.7 Å². The summed E-state index contributed by atoms with van der Waals surface area (Å²) >= 11 is 0. The highest BCUT2D eigenvalue weighted by molar-refractivity contribution is 5.90. The van der Waals surface area contributed by atoms with E-state index in [0.29, 0.717) is 17.1 Å². The molecule has 0 aromatic heterocycles. The van der Waals surface area contributed by atoms with Crippen molar-refractivity contribution >= 4 is 16.7 Å². The number of carbonyl (C=O) groups is 1. The summed E-state index contributed by atoms with van der Waals surface area (Å²) in [7, 11) is 0. The largest absolute Gasteiger partial charge is 0.454 e. The Bertz CT molecular complexity index is 991. The summed E-state index contributed by atoms with van der Waals surface area (Å²) in [5.74, 6) is 1.14. The van der Waals surface area contributed by atoms with Gasteiger partial charge in [0.25, 0.3) is 0 Å². The first-order chi connectivity index (χ1) is 13.0. The molecule has 0 radical (unpaired) electrons. The first-order valence-electron chi connectivity index (χ1n) is 8.89. The lowest BCUT2D eigenvalue weighted by Crippen LogP contribution is -2.39. The number of hydrogen-bond acceptors (Lipinski definition) is 4. The van der Waals surface area contributed by atoms with Crippen LogP contribution in [0, 0.1) is 0 Å². The lowest BCUT2D eigenvalue weighted by molar-refractivity contribution is -0.121. The molecule has 0 saturated heterocycles. The summed E-state index contributed by atoms with van der Waals surface area (Å²) in [6.07, 6.45) is 0.262. The Hall–Kier alpha value is -3.05. The van der Waals surface area contributed by atoms with Crippen LogP contribution in [-0.2, 0) is 16.8 Å². The van der Waals surface area contributed by atoms with Crippen molar-refractivity contribution in [1.29, 1.82) is 0 Å². The Morgan fingerprint density at radius 2 is 1.85 bits per heavy atom. The van der Waals surface area contributed by atoms with Gasteiger partial charge in [-0.2, -0.15) is 0 Å². The van der Waals surface area contributed by atoms with Gasteiger partial charge in [0.2, 0.25) is 12.7 Å². The number of hydrogen-bond donors (Lipinski definition) is 2. The molecule has 0 spiro atoms. The van der Waals surface area contributed by atoms with Gasteiger partial charge < -0.3 is 19.9 Å². The Kier molecular flexibility index (Phi) is 4.46. The molecule has 2 N–H and O–H groups in total. The van der Waals surface area contributed by atoms with E-state index in [1.54, 1.807) is 25.1 Å². The predicted octanol–water partition coefficient (Wildman–Crippen LogP) is 3.13. The average molecular weight is 363 g/mol. The lowest BCUT2D eigenvalue weighted by atomic mass is 9.95. The third kappa shape index (κ3) is 3.59. The van der Waals surface area contributed by atoms with E-state index in [2.05, 4.69) is 5.32 Å². The zero-order chi connectivity index (χ0) is 18.9. The topological polar surface area (TPSA) is 67.8 Å². The molecule has 1 heterocycles. The molecule has 5 nitrogen and oxygen atoms in total. The maximum atomic E-state index is 12.5. The molecular weight excluding hydrogens is 342 g/mol. The van der Waals surface area contributed by atoms with Gasteiger partial charge in [-0.15, -0.1) is 0 Å². The second kappa shape index (κ2) is 6.93. The second-order valence-electron chi connectivity index (χ2n) is 6.93. The Labute approximate surface area is 157 Å². The van der Waals surface area contributed by atoms with E-state index in [9.17, 15) is 9.90 Å². The first-order valence-corrected chi connectivity index (χ1v) is 8.89. The standard InChI is InChI=1S/C22H21NO4/c1-22(25,17-9-10-19-20(12-17)27-14-26-19)13-23-21(24)11-16-7-4-6-15-5-2-3-8-18(15)16/h2-10,12,25H,11,13-14H2,1H3,(H,23,24)/t22-/m1/s1. The minimum Gasteiger partial charge on any atom is -0.454 e. The predicted molar refractivity (Wildman–Crippen MR) is 103 cm³/mol. The molecule has 3 aromatic rings. The number of nitrogens with one attached hydrogen (secondary N) is 1. The van der Waals surface area contributed by atoms with Crippen LogP contribution >= 0.6 is 0 Å². The van der Waals surface area contributed by atoms with Crippen LogP contribution in [0.1, 0.15) is 18.1 Å². The van der Waals surface area contributed by atoms with Gasteiger partial charge in [0.1, 0.15) is 5.60 Å². The maximum Gasteiger partial charge on any atom is 0.231 e. The molecular formula is C22H21NO4. The van der Waals surface area contributed by atoms with E-state index in [0.717, 1.165) is 16.3 Å². The summed E-state index contributed by atoms with van der Waals surface area (Å²) in [4.78, 5) is 12.5. The molecule has 0 bridgehead atoms. The fourth-order valence-electron chi connectivity index (χ4n) is 3.29. The highest BCUT2D eigenvalue weighted by Gasteiger charge is 2.26. The van der Waals surface area contributed by atoms with Gasteiger partial charge in [0, 0.05) is 0 Å². The molecule has 27 heavy (non-hydrogen) atoms. The van der Waals surface area contributed by atoms with Gasteiger partial charge in [-0.1, -0.05) is 48.5 Å². The fourth-order valence-corrected chi connectivity index (χ4v) is 3.29. The zero-order valence-electron chi connectivity index (χ0n) is 15.1. The first kappa shape index (κ1) is 17.4. The number of fused-ring (bicyclic) bond motifs is 2.